The molecule has 14 heavy (non-hydrogen) atoms. The van der Waals surface area contributed by atoms with E-state index in [0.717, 1.165) is 13.0 Å². The molecule has 1 nitrogen and oxygen atoms in total. The molecule has 1 rings (SSSR count). The van der Waals surface area contributed by atoms with Gasteiger partial charge in [0.1, 0.15) is 6.54 Å². The van der Waals surface area contributed by atoms with Gasteiger partial charge in [-0.3, -0.25) is 0 Å². The Morgan fingerprint density at radius 3 is 2.57 bits per heavy atom. The molecule has 0 aliphatic carbocycles. The monoisotopic (exact) mass is 210 g/mol. The van der Waals surface area contributed by atoms with Crippen LogP contribution in [-0.2, 0) is 6.42 Å². The molecule has 0 aromatic heterocycles. The van der Waals surface area contributed by atoms with Crippen molar-refractivity contribution in [3.63, 3.8) is 0 Å². The van der Waals surface area contributed by atoms with Crippen LogP contribution in [0, 0.1) is 12.3 Å². The van der Waals surface area contributed by atoms with Gasteiger partial charge in [-0.2, -0.15) is 0 Å². The Balaban J connectivity index is 0.00000169. The molecular formula is C12H17ClN+. The van der Waals surface area contributed by atoms with E-state index in [0.29, 0.717) is 6.04 Å². The Morgan fingerprint density at radius 1 is 1.36 bits per heavy atom. The molecule has 0 fully saturated rings. The number of benzene rings is 1. The zero-order valence-electron chi connectivity index (χ0n) is 8.44. The summed E-state index contributed by atoms with van der Waals surface area (Å²) in [6.45, 7) is 2.97. The number of rotatable bonds is 4. The number of nitrogens with two attached hydrogens (primary N) is 1. The van der Waals surface area contributed by atoms with Crippen LogP contribution in [0.5, 0.6) is 0 Å². The highest BCUT2D eigenvalue weighted by atomic mass is 35.5. The van der Waals surface area contributed by atoms with Crippen LogP contribution in [0.25, 0.3) is 0 Å². The fraction of sp³-hybridized carbons (Fsp3) is 0.333. The molecule has 76 valence electrons. The summed E-state index contributed by atoms with van der Waals surface area (Å²) in [6, 6.07) is 11.1. The van der Waals surface area contributed by atoms with Crippen molar-refractivity contribution in [2.45, 2.75) is 19.4 Å². The van der Waals surface area contributed by atoms with Gasteiger partial charge in [0.2, 0.25) is 0 Å². The lowest BCUT2D eigenvalue weighted by molar-refractivity contribution is -0.675. The molecular weight excluding hydrogens is 194 g/mol. The molecule has 2 heteroatoms. The number of quaternary nitrogens is 1. The number of halogens is 1. The third kappa shape index (κ3) is 4.91. The third-order valence-electron chi connectivity index (χ3n) is 2.04. The lowest BCUT2D eigenvalue weighted by atomic mass is 10.1. The van der Waals surface area contributed by atoms with Crippen molar-refractivity contribution in [1.82, 2.24) is 0 Å². The highest BCUT2D eigenvalue weighted by molar-refractivity contribution is 5.85. The summed E-state index contributed by atoms with van der Waals surface area (Å²) in [5.41, 5.74) is 1.38. The van der Waals surface area contributed by atoms with E-state index in [1.807, 2.05) is 6.07 Å². The molecule has 0 radical (unpaired) electrons. The van der Waals surface area contributed by atoms with Crippen molar-refractivity contribution in [2.24, 2.45) is 0 Å². The highest BCUT2D eigenvalue weighted by Crippen LogP contribution is 2.00. The molecule has 0 bridgehead atoms. The number of terminal acetylenes is 1. The van der Waals surface area contributed by atoms with Crippen molar-refractivity contribution in [3.05, 3.63) is 35.9 Å². The van der Waals surface area contributed by atoms with Crippen LogP contribution in [0.15, 0.2) is 30.3 Å². The second-order valence-corrected chi connectivity index (χ2v) is 3.31. The SMILES string of the molecule is C#CC[NH2+][C@H](C)Cc1ccccc1.Cl. The molecule has 0 spiro atoms. The van der Waals surface area contributed by atoms with E-state index in [1.54, 1.807) is 0 Å². The van der Waals surface area contributed by atoms with Crippen molar-refractivity contribution in [1.29, 1.82) is 0 Å². The van der Waals surface area contributed by atoms with Crippen LogP contribution in [-0.4, -0.2) is 12.6 Å². The predicted molar refractivity (Wildman–Crippen MR) is 62.5 cm³/mol. The maximum absolute atomic E-state index is 5.19. The second-order valence-electron chi connectivity index (χ2n) is 3.31. The van der Waals surface area contributed by atoms with Crippen LogP contribution in [0.3, 0.4) is 0 Å². The molecule has 2 N–H and O–H groups in total. The van der Waals surface area contributed by atoms with E-state index in [4.69, 9.17) is 6.42 Å². The fourth-order valence-corrected chi connectivity index (χ4v) is 1.34. The molecule has 1 aromatic rings. The van der Waals surface area contributed by atoms with Gasteiger partial charge in [-0.1, -0.05) is 30.3 Å². The minimum atomic E-state index is 0. The summed E-state index contributed by atoms with van der Waals surface area (Å²) in [7, 11) is 0. The van der Waals surface area contributed by atoms with Crippen molar-refractivity contribution in [2.75, 3.05) is 6.54 Å². The molecule has 0 saturated carbocycles. The number of hydrogen-bond donors (Lipinski definition) is 1. The van der Waals surface area contributed by atoms with E-state index in [1.165, 1.54) is 5.56 Å². The van der Waals surface area contributed by atoms with Crippen LogP contribution < -0.4 is 5.32 Å². The van der Waals surface area contributed by atoms with E-state index in [9.17, 15) is 0 Å². The predicted octanol–water partition coefficient (Wildman–Crippen LogP) is 1.24. The van der Waals surface area contributed by atoms with E-state index in [-0.39, 0.29) is 12.4 Å². The van der Waals surface area contributed by atoms with Gasteiger partial charge >= 0.3 is 0 Å². The summed E-state index contributed by atoms with van der Waals surface area (Å²) >= 11 is 0. The minimum absolute atomic E-state index is 0. The van der Waals surface area contributed by atoms with E-state index in [2.05, 4.69) is 42.4 Å². The van der Waals surface area contributed by atoms with Gasteiger partial charge < -0.3 is 5.32 Å². The van der Waals surface area contributed by atoms with Gasteiger partial charge in [-0.15, -0.1) is 18.8 Å². The maximum atomic E-state index is 5.19. The molecule has 0 saturated heterocycles. The normalized spacial score (nSPS) is 11.1. The lowest BCUT2D eigenvalue weighted by Gasteiger charge is -2.08. The summed E-state index contributed by atoms with van der Waals surface area (Å²) in [5, 5.41) is 2.19. The van der Waals surface area contributed by atoms with Gasteiger partial charge in [0, 0.05) is 6.42 Å². The first-order valence-corrected chi connectivity index (χ1v) is 4.63. The van der Waals surface area contributed by atoms with Gasteiger partial charge in [-0.05, 0) is 18.4 Å². The Hall–Kier alpha value is -0.970. The largest absolute Gasteiger partial charge is 0.334 e. The molecule has 1 atom stereocenters. The number of hydrogen-bond acceptors (Lipinski definition) is 0. The Bertz CT molecular complexity index is 276. The third-order valence-corrected chi connectivity index (χ3v) is 2.04. The fourth-order valence-electron chi connectivity index (χ4n) is 1.34. The van der Waals surface area contributed by atoms with Gasteiger partial charge in [0.25, 0.3) is 0 Å². The minimum Gasteiger partial charge on any atom is -0.334 e. The zero-order valence-corrected chi connectivity index (χ0v) is 9.26. The zero-order chi connectivity index (χ0) is 9.52. The smallest absolute Gasteiger partial charge is 0.137 e. The summed E-state index contributed by atoms with van der Waals surface area (Å²) in [6.07, 6.45) is 6.27. The summed E-state index contributed by atoms with van der Waals surface area (Å²) in [5.74, 6) is 2.63. The molecule has 0 unspecified atom stereocenters. The first kappa shape index (κ1) is 13.0. The van der Waals surface area contributed by atoms with Crippen molar-refractivity contribution >= 4 is 12.4 Å². The topological polar surface area (TPSA) is 16.6 Å². The molecule has 0 aliphatic rings. The van der Waals surface area contributed by atoms with Gasteiger partial charge in [0.15, 0.2) is 0 Å². The van der Waals surface area contributed by atoms with Gasteiger partial charge in [-0.25, -0.2) is 0 Å². The standard InChI is InChI=1S/C12H15N.ClH/c1-3-9-13-11(2)10-12-7-5-4-6-8-12;/h1,4-8,11,13H,9-10H2,2H3;1H/p+1/t11-;/m1./s1. The van der Waals surface area contributed by atoms with Crippen molar-refractivity contribution in [3.8, 4) is 12.3 Å². The molecule has 0 aliphatic heterocycles. The van der Waals surface area contributed by atoms with Crippen LogP contribution >= 0.6 is 12.4 Å². The Labute approximate surface area is 92.3 Å². The van der Waals surface area contributed by atoms with Crippen LogP contribution in [0.4, 0.5) is 0 Å². The quantitative estimate of drug-likeness (QED) is 0.721. The van der Waals surface area contributed by atoms with E-state index >= 15 is 0 Å². The highest BCUT2D eigenvalue weighted by Gasteiger charge is 2.03. The Kier molecular flexibility index (Phi) is 6.92. The summed E-state index contributed by atoms with van der Waals surface area (Å²) < 4.78 is 0. The van der Waals surface area contributed by atoms with E-state index < -0.39 is 0 Å². The maximum Gasteiger partial charge on any atom is 0.137 e. The second kappa shape index (κ2) is 7.44. The first-order chi connectivity index (χ1) is 6.33. The molecule has 0 heterocycles. The average molecular weight is 211 g/mol. The average Bonchev–Trinajstić information content (AvgIpc) is 2.16. The van der Waals surface area contributed by atoms with Gasteiger partial charge in [0.05, 0.1) is 6.04 Å². The molecule has 0 amide bonds. The van der Waals surface area contributed by atoms with Crippen LogP contribution in [0.2, 0.25) is 0 Å². The Morgan fingerprint density at radius 2 is 2.00 bits per heavy atom. The first-order valence-electron chi connectivity index (χ1n) is 4.63. The van der Waals surface area contributed by atoms with Crippen LogP contribution in [0.1, 0.15) is 12.5 Å². The molecule has 1 aromatic carbocycles. The summed E-state index contributed by atoms with van der Waals surface area (Å²) in [4.78, 5) is 0. The lowest BCUT2D eigenvalue weighted by Crippen LogP contribution is -2.89. The van der Waals surface area contributed by atoms with Crippen molar-refractivity contribution < 1.29 is 5.32 Å².